The van der Waals surface area contributed by atoms with Crippen LogP contribution in [-0.2, 0) is 0 Å². The fraction of sp³-hybridized carbons (Fsp3) is 0.111. The van der Waals surface area contributed by atoms with Crippen molar-refractivity contribution in [1.82, 2.24) is 9.78 Å². The van der Waals surface area contributed by atoms with E-state index in [4.69, 9.17) is 0 Å². The molecule has 0 spiro atoms. The third kappa shape index (κ3) is 2.81. The molecule has 3 rings (SSSR count). The number of rotatable bonds is 3. The molecule has 0 saturated heterocycles. The first-order chi connectivity index (χ1) is 11.0. The van der Waals surface area contributed by atoms with Crippen LogP contribution in [0.25, 0.3) is 16.9 Å². The minimum Gasteiger partial charge on any atom is -0.508 e. The van der Waals surface area contributed by atoms with Crippen LogP contribution < -0.4 is 0 Å². The van der Waals surface area contributed by atoms with Gasteiger partial charge < -0.3 is 10.2 Å². The van der Waals surface area contributed by atoms with Crippen molar-refractivity contribution in [3.8, 4) is 22.7 Å². The molecule has 2 N–H and O–H groups in total. The van der Waals surface area contributed by atoms with Gasteiger partial charge in [-0.15, -0.1) is 0 Å². The Bertz CT molecular complexity index is 897. The Morgan fingerprint density at radius 1 is 1.04 bits per heavy atom. The third-order valence-corrected chi connectivity index (χ3v) is 3.81. The minimum absolute atomic E-state index is 0.0452. The average molecular weight is 308 g/mol. The molecule has 5 nitrogen and oxygen atoms in total. The summed E-state index contributed by atoms with van der Waals surface area (Å²) in [6.45, 7) is 4.02. The van der Waals surface area contributed by atoms with Gasteiger partial charge in [0.25, 0.3) is 0 Å². The lowest BCUT2D eigenvalue weighted by Gasteiger charge is -2.05. The van der Waals surface area contributed by atoms with E-state index in [0.717, 1.165) is 11.1 Å². The van der Waals surface area contributed by atoms with E-state index in [1.807, 2.05) is 32.0 Å². The second kappa shape index (κ2) is 5.61. The van der Waals surface area contributed by atoms with E-state index >= 15 is 0 Å². The number of aryl methyl sites for hydroxylation is 2. The topological polar surface area (TPSA) is 75.3 Å². The summed E-state index contributed by atoms with van der Waals surface area (Å²) >= 11 is 0. The van der Waals surface area contributed by atoms with E-state index in [9.17, 15) is 15.0 Å². The van der Waals surface area contributed by atoms with Crippen LogP contribution in [0.4, 0.5) is 0 Å². The van der Waals surface area contributed by atoms with Gasteiger partial charge in [0, 0.05) is 11.6 Å². The number of hydrogen-bond donors (Lipinski definition) is 2. The van der Waals surface area contributed by atoms with Gasteiger partial charge in [0.1, 0.15) is 5.75 Å². The number of aromatic hydroxyl groups is 1. The molecular weight excluding hydrogens is 292 g/mol. The first-order valence-electron chi connectivity index (χ1n) is 7.16. The fourth-order valence-corrected chi connectivity index (χ4v) is 2.40. The summed E-state index contributed by atoms with van der Waals surface area (Å²) in [5.74, 6) is -1.02. The Labute approximate surface area is 133 Å². The summed E-state index contributed by atoms with van der Waals surface area (Å²) in [5, 5.41) is 23.4. The molecule has 0 amide bonds. The summed E-state index contributed by atoms with van der Waals surface area (Å²) < 4.78 is 1.33. The molecule has 5 heteroatoms. The van der Waals surface area contributed by atoms with Crippen molar-refractivity contribution in [1.29, 1.82) is 0 Å². The monoisotopic (exact) mass is 308 g/mol. The lowest BCUT2D eigenvalue weighted by atomic mass is 10.0. The molecule has 116 valence electrons. The van der Waals surface area contributed by atoms with Gasteiger partial charge >= 0.3 is 5.97 Å². The molecular formula is C18H16N2O3. The quantitative estimate of drug-likeness (QED) is 0.775. The van der Waals surface area contributed by atoms with Gasteiger partial charge in [-0.1, -0.05) is 18.2 Å². The Hall–Kier alpha value is -3.08. The Kier molecular flexibility index (Phi) is 3.62. The number of hydrogen-bond acceptors (Lipinski definition) is 3. The number of benzene rings is 2. The number of carbonyl (C=O) groups is 1. The van der Waals surface area contributed by atoms with Gasteiger partial charge in [-0.3, -0.25) is 0 Å². The Balaban J connectivity index is 2.16. The third-order valence-electron chi connectivity index (χ3n) is 3.81. The average Bonchev–Trinajstić information content (AvgIpc) is 2.95. The van der Waals surface area contributed by atoms with E-state index < -0.39 is 5.97 Å². The van der Waals surface area contributed by atoms with Crippen LogP contribution >= 0.6 is 0 Å². The summed E-state index contributed by atoms with van der Waals surface area (Å²) in [6, 6.07) is 13.8. The number of aromatic carboxylic acids is 1. The van der Waals surface area contributed by atoms with E-state index in [1.165, 1.54) is 28.4 Å². The van der Waals surface area contributed by atoms with Gasteiger partial charge in [-0.25, -0.2) is 9.48 Å². The maximum Gasteiger partial charge on any atom is 0.354 e. The summed E-state index contributed by atoms with van der Waals surface area (Å²) in [6.07, 6.45) is 0. The number of nitrogens with zero attached hydrogens (tertiary/aromatic N) is 2. The molecule has 3 aromatic rings. The molecule has 0 saturated carbocycles. The Morgan fingerprint density at radius 2 is 1.83 bits per heavy atom. The van der Waals surface area contributed by atoms with Crippen molar-refractivity contribution in [2.75, 3.05) is 0 Å². The first kappa shape index (κ1) is 14.8. The van der Waals surface area contributed by atoms with Crippen molar-refractivity contribution in [2.24, 2.45) is 0 Å². The van der Waals surface area contributed by atoms with Gasteiger partial charge in [-0.05, 0) is 49.2 Å². The normalized spacial score (nSPS) is 10.7. The molecule has 0 aliphatic carbocycles. The lowest BCUT2D eigenvalue weighted by molar-refractivity contribution is 0.0687. The summed E-state index contributed by atoms with van der Waals surface area (Å²) in [5.41, 5.74) is 4.26. The van der Waals surface area contributed by atoms with E-state index in [0.29, 0.717) is 11.4 Å². The smallest absolute Gasteiger partial charge is 0.354 e. The summed E-state index contributed by atoms with van der Waals surface area (Å²) in [4.78, 5) is 11.5. The van der Waals surface area contributed by atoms with Crippen LogP contribution in [0.5, 0.6) is 5.75 Å². The van der Waals surface area contributed by atoms with Crippen LogP contribution in [0.1, 0.15) is 21.6 Å². The molecule has 0 bridgehead atoms. The number of aromatic nitrogens is 2. The molecule has 1 aromatic heterocycles. The number of phenols is 1. The number of carboxylic acid groups (broad SMARTS) is 1. The lowest BCUT2D eigenvalue weighted by Crippen LogP contribution is -2.07. The van der Waals surface area contributed by atoms with Gasteiger partial charge in [0.15, 0.2) is 5.69 Å². The largest absolute Gasteiger partial charge is 0.508 e. The molecule has 23 heavy (non-hydrogen) atoms. The predicted octanol–water partition coefficient (Wildman–Crippen LogP) is 3.56. The highest BCUT2D eigenvalue weighted by atomic mass is 16.4. The molecule has 2 aromatic carbocycles. The van der Waals surface area contributed by atoms with Crippen LogP contribution in [0.3, 0.4) is 0 Å². The maximum absolute atomic E-state index is 11.5. The second-order valence-corrected chi connectivity index (χ2v) is 5.45. The molecule has 0 radical (unpaired) electrons. The molecule has 0 aliphatic heterocycles. The van der Waals surface area contributed by atoms with E-state index in [2.05, 4.69) is 5.10 Å². The Morgan fingerprint density at radius 3 is 2.48 bits per heavy atom. The first-order valence-corrected chi connectivity index (χ1v) is 7.16. The highest BCUT2D eigenvalue weighted by Crippen LogP contribution is 2.25. The van der Waals surface area contributed by atoms with E-state index in [1.54, 1.807) is 12.1 Å². The highest BCUT2D eigenvalue weighted by molar-refractivity contribution is 5.88. The SMILES string of the molecule is Cc1ccc(-c2cc(C(=O)O)n(-c3cccc(O)c3)n2)cc1C. The molecule has 1 heterocycles. The van der Waals surface area contributed by atoms with Crippen molar-refractivity contribution in [3.05, 3.63) is 65.4 Å². The molecule has 0 unspecified atom stereocenters. The predicted molar refractivity (Wildman–Crippen MR) is 87.1 cm³/mol. The van der Waals surface area contributed by atoms with Crippen LogP contribution in [0.2, 0.25) is 0 Å². The fourth-order valence-electron chi connectivity index (χ4n) is 2.40. The summed E-state index contributed by atoms with van der Waals surface area (Å²) in [7, 11) is 0. The zero-order valence-corrected chi connectivity index (χ0v) is 12.8. The molecule has 0 fully saturated rings. The van der Waals surface area contributed by atoms with Crippen molar-refractivity contribution >= 4 is 5.97 Å². The number of carboxylic acids is 1. The standard InChI is InChI=1S/C18H16N2O3/c1-11-6-7-13(8-12(11)2)16-10-17(18(22)23)20(19-16)14-4-3-5-15(21)9-14/h3-10,21H,1-2H3,(H,22,23). The molecule has 0 atom stereocenters. The molecule has 0 aliphatic rings. The van der Waals surface area contributed by atoms with Crippen LogP contribution in [0.15, 0.2) is 48.5 Å². The minimum atomic E-state index is -1.07. The highest BCUT2D eigenvalue weighted by Gasteiger charge is 2.17. The van der Waals surface area contributed by atoms with Crippen molar-refractivity contribution in [3.63, 3.8) is 0 Å². The zero-order valence-electron chi connectivity index (χ0n) is 12.8. The van der Waals surface area contributed by atoms with Crippen molar-refractivity contribution < 1.29 is 15.0 Å². The van der Waals surface area contributed by atoms with Crippen LogP contribution in [-0.4, -0.2) is 26.0 Å². The van der Waals surface area contributed by atoms with Gasteiger partial charge in [-0.2, -0.15) is 5.10 Å². The van der Waals surface area contributed by atoms with Gasteiger partial charge in [0.2, 0.25) is 0 Å². The zero-order chi connectivity index (χ0) is 16.6. The van der Waals surface area contributed by atoms with Gasteiger partial charge in [0.05, 0.1) is 11.4 Å². The second-order valence-electron chi connectivity index (χ2n) is 5.45. The van der Waals surface area contributed by atoms with Crippen molar-refractivity contribution in [2.45, 2.75) is 13.8 Å². The number of phenolic OH excluding ortho intramolecular Hbond substituents is 1. The van der Waals surface area contributed by atoms with E-state index in [-0.39, 0.29) is 11.4 Å². The van der Waals surface area contributed by atoms with Crippen LogP contribution in [0, 0.1) is 13.8 Å². The maximum atomic E-state index is 11.5.